The van der Waals surface area contributed by atoms with E-state index in [1.54, 1.807) is 0 Å². The van der Waals surface area contributed by atoms with E-state index in [0.717, 1.165) is 26.1 Å². The zero-order valence-corrected chi connectivity index (χ0v) is 10.6. The van der Waals surface area contributed by atoms with Gasteiger partial charge in [0.2, 0.25) is 0 Å². The zero-order valence-electron chi connectivity index (χ0n) is 10.6. The van der Waals surface area contributed by atoms with Crippen molar-refractivity contribution in [2.75, 3.05) is 19.8 Å². The summed E-state index contributed by atoms with van der Waals surface area (Å²) in [5.74, 6) is 0.496. The van der Waals surface area contributed by atoms with Crippen LogP contribution in [0.5, 0.6) is 0 Å². The van der Waals surface area contributed by atoms with Gasteiger partial charge in [0, 0.05) is 5.92 Å². The summed E-state index contributed by atoms with van der Waals surface area (Å²) in [6.07, 6.45) is 6.03. The lowest BCUT2D eigenvalue weighted by Crippen LogP contribution is -2.56. The predicted molar refractivity (Wildman–Crippen MR) is 63.4 cm³/mol. The van der Waals surface area contributed by atoms with Crippen LogP contribution < -0.4 is 0 Å². The molecule has 1 saturated carbocycles. The molecule has 0 bridgehead atoms. The van der Waals surface area contributed by atoms with Gasteiger partial charge in [0.25, 0.3) is 0 Å². The van der Waals surface area contributed by atoms with Gasteiger partial charge in [0.05, 0.1) is 37.5 Å². The topological polar surface area (TPSA) is 41.9 Å². The van der Waals surface area contributed by atoms with E-state index in [1.165, 1.54) is 19.3 Å². The summed E-state index contributed by atoms with van der Waals surface area (Å²) in [5.41, 5.74) is -0.139. The lowest BCUT2D eigenvalue weighted by molar-refractivity contribution is -0.234. The molecule has 1 aliphatic carbocycles. The number of rotatable bonds is 2. The van der Waals surface area contributed by atoms with E-state index < -0.39 is 0 Å². The second-order valence-electron chi connectivity index (χ2n) is 5.85. The standard InChI is InChI=1S/C13H23NO3/c1-10-12-11(7-16-10)8-17-14(12)13(9-15)5-3-2-4-6-13/h10-12,15H,2-9H2,1H3/t10-,11-,12-/m0/s1. The smallest absolute Gasteiger partial charge is 0.0752 e. The number of hydroxylamine groups is 2. The molecule has 1 N–H and O–H groups in total. The molecule has 0 unspecified atom stereocenters. The van der Waals surface area contributed by atoms with Crippen LogP contribution in [-0.4, -0.2) is 47.7 Å². The molecular formula is C13H23NO3. The van der Waals surface area contributed by atoms with Crippen LogP contribution in [0.15, 0.2) is 0 Å². The minimum absolute atomic E-state index is 0.139. The normalized spacial score (nSPS) is 41.6. The molecule has 0 spiro atoms. The highest BCUT2D eigenvalue weighted by Crippen LogP contribution is 2.42. The van der Waals surface area contributed by atoms with E-state index in [0.29, 0.717) is 12.0 Å². The van der Waals surface area contributed by atoms with Crippen molar-refractivity contribution >= 4 is 0 Å². The highest BCUT2D eigenvalue weighted by atomic mass is 16.7. The van der Waals surface area contributed by atoms with Crippen LogP contribution in [0.3, 0.4) is 0 Å². The predicted octanol–water partition coefficient (Wildman–Crippen LogP) is 1.33. The zero-order chi connectivity index (χ0) is 11.9. The highest BCUT2D eigenvalue weighted by Gasteiger charge is 2.52. The van der Waals surface area contributed by atoms with Crippen molar-refractivity contribution in [1.29, 1.82) is 0 Å². The first-order valence-electron chi connectivity index (χ1n) is 6.91. The van der Waals surface area contributed by atoms with E-state index in [-0.39, 0.29) is 18.2 Å². The third-order valence-electron chi connectivity index (χ3n) is 4.78. The Kier molecular flexibility index (Phi) is 3.15. The number of aliphatic hydroxyl groups is 1. The molecule has 0 aromatic rings. The molecule has 2 aliphatic heterocycles. The van der Waals surface area contributed by atoms with Crippen LogP contribution in [0.2, 0.25) is 0 Å². The van der Waals surface area contributed by atoms with Gasteiger partial charge in [0.1, 0.15) is 0 Å². The minimum Gasteiger partial charge on any atom is -0.394 e. The van der Waals surface area contributed by atoms with Crippen molar-refractivity contribution in [3.63, 3.8) is 0 Å². The van der Waals surface area contributed by atoms with Gasteiger partial charge in [-0.05, 0) is 19.8 Å². The van der Waals surface area contributed by atoms with E-state index >= 15 is 0 Å². The van der Waals surface area contributed by atoms with Gasteiger partial charge in [-0.25, -0.2) is 0 Å². The molecule has 3 fully saturated rings. The first-order chi connectivity index (χ1) is 8.27. The van der Waals surface area contributed by atoms with Gasteiger partial charge in [-0.2, -0.15) is 5.06 Å². The van der Waals surface area contributed by atoms with Crippen LogP contribution in [0.1, 0.15) is 39.0 Å². The molecule has 17 heavy (non-hydrogen) atoms. The van der Waals surface area contributed by atoms with Crippen LogP contribution in [0.4, 0.5) is 0 Å². The third kappa shape index (κ3) is 1.82. The monoisotopic (exact) mass is 241 g/mol. The number of hydrogen-bond donors (Lipinski definition) is 1. The molecule has 0 aromatic heterocycles. The summed E-state index contributed by atoms with van der Waals surface area (Å²) >= 11 is 0. The fourth-order valence-electron chi connectivity index (χ4n) is 3.76. The summed E-state index contributed by atoms with van der Waals surface area (Å²) in [6, 6.07) is 0.347. The minimum atomic E-state index is -0.139. The number of fused-ring (bicyclic) bond motifs is 1. The summed E-state index contributed by atoms with van der Waals surface area (Å²) < 4.78 is 5.73. The highest BCUT2D eigenvalue weighted by molar-refractivity contribution is 5.00. The van der Waals surface area contributed by atoms with Crippen molar-refractivity contribution < 1.29 is 14.7 Å². The van der Waals surface area contributed by atoms with Gasteiger partial charge in [-0.15, -0.1) is 0 Å². The Morgan fingerprint density at radius 3 is 2.71 bits per heavy atom. The van der Waals surface area contributed by atoms with Gasteiger partial charge in [-0.1, -0.05) is 19.3 Å². The quantitative estimate of drug-likeness (QED) is 0.792. The fraction of sp³-hybridized carbons (Fsp3) is 1.00. The third-order valence-corrected chi connectivity index (χ3v) is 4.78. The first kappa shape index (κ1) is 11.9. The average molecular weight is 241 g/mol. The molecule has 3 rings (SSSR count). The van der Waals surface area contributed by atoms with Crippen LogP contribution in [0.25, 0.3) is 0 Å². The molecular weight excluding hydrogens is 218 g/mol. The van der Waals surface area contributed by atoms with Gasteiger partial charge in [0.15, 0.2) is 0 Å². The van der Waals surface area contributed by atoms with E-state index in [2.05, 4.69) is 12.0 Å². The molecule has 2 saturated heterocycles. The van der Waals surface area contributed by atoms with Gasteiger partial charge in [-0.3, -0.25) is 4.84 Å². The number of hydrogen-bond acceptors (Lipinski definition) is 4. The van der Waals surface area contributed by atoms with Crippen LogP contribution in [0, 0.1) is 5.92 Å². The number of nitrogens with zero attached hydrogens (tertiary/aromatic N) is 1. The summed E-state index contributed by atoms with van der Waals surface area (Å²) in [5, 5.41) is 12.0. The lowest BCUT2D eigenvalue weighted by atomic mass is 9.80. The summed E-state index contributed by atoms with van der Waals surface area (Å²) in [4.78, 5) is 5.92. The fourth-order valence-corrected chi connectivity index (χ4v) is 3.76. The Morgan fingerprint density at radius 1 is 1.24 bits per heavy atom. The Balaban J connectivity index is 1.82. The SMILES string of the molecule is C[C@@H]1OC[C@H]2CON(C3(CO)CCCCC3)[C@H]21. The van der Waals surface area contributed by atoms with Crippen molar-refractivity contribution in [1.82, 2.24) is 5.06 Å². The maximum atomic E-state index is 9.85. The van der Waals surface area contributed by atoms with E-state index in [1.807, 2.05) is 0 Å². The molecule has 98 valence electrons. The average Bonchev–Trinajstić information content (AvgIpc) is 2.94. The van der Waals surface area contributed by atoms with Crippen molar-refractivity contribution in [3.8, 4) is 0 Å². The van der Waals surface area contributed by atoms with E-state index in [9.17, 15) is 5.11 Å². The molecule has 3 aliphatic rings. The number of aliphatic hydroxyl groups excluding tert-OH is 1. The van der Waals surface area contributed by atoms with Crippen molar-refractivity contribution in [3.05, 3.63) is 0 Å². The molecule has 0 aromatic carbocycles. The Morgan fingerprint density at radius 2 is 2.00 bits per heavy atom. The van der Waals surface area contributed by atoms with Crippen molar-refractivity contribution in [2.24, 2.45) is 5.92 Å². The Labute approximate surface area is 103 Å². The Hall–Kier alpha value is -0.160. The maximum absolute atomic E-state index is 9.85. The molecule has 0 amide bonds. The largest absolute Gasteiger partial charge is 0.394 e. The second-order valence-corrected chi connectivity index (χ2v) is 5.85. The lowest BCUT2D eigenvalue weighted by Gasteiger charge is -2.45. The summed E-state index contributed by atoms with van der Waals surface area (Å²) in [7, 11) is 0. The maximum Gasteiger partial charge on any atom is 0.0752 e. The Bertz CT molecular complexity index is 278. The summed E-state index contributed by atoms with van der Waals surface area (Å²) in [6.45, 7) is 3.91. The second kappa shape index (κ2) is 4.50. The molecule has 4 nitrogen and oxygen atoms in total. The number of ether oxygens (including phenoxy) is 1. The van der Waals surface area contributed by atoms with Gasteiger partial charge < -0.3 is 9.84 Å². The van der Waals surface area contributed by atoms with Crippen LogP contribution in [-0.2, 0) is 9.57 Å². The molecule has 3 atom stereocenters. The van der Waals surface area contributed by atoms with Crippen LogP contribution >= 0.6 is 0 Å². The molecule has 0 radical (unpaired) electrons. The van der Waals surface area contributed by atoms with E-state index in [4.69, 9.17) is 9.57 Å². The molecule has 4 heteroatoms. The van der Waals surface area contributed by atoms with Gasteiger partial charge >= 0.3 is 0 Å². The molecule has 2 heterocycles. The van der Waals surface area contributed by atoms with Crippen molar-refractivity contribution in [2.45, 2.75) is 56.7 Å². The first-order valence-corrected chi connectivity index (χ1v) is 6.91.